The SMILES string of the molecule is Cc1c(Cl)ccc2cc(/C=C/C(=O)c3ccc(Br)cc3)c(Cl)nc12. The number of carbonyl (C=O) groups is 1. The van der Waals surface area contributed by atoms with Gasteiger partial charge in [0.25, 0.3) is 0 Å². The molecule has 0 bridgehead atoms. The smallest absolute Gasteiger partial charge is 0.185 e. The largest absolute Gasteiger partial charge is 0.289 e. The van der Waals surface area contributed by atoms with Crippen LogP contribution in [0.25, 0.3) is 17.0 Å². The lowest BCUT2D eigenvalue weighted by atomic mass is 10.1. The third-order valence-corrected chi connectivity index (χ3v) is 4.94. The summed E-state index contributed by atoms with van der Waals surface area (Å²) in [5.74, 6) is -0.0917. The van der Waals surface area contributed by atoms with Crippen molar-refractivity contribution in [3.63, 3.8) is 0 Å². The normalized spacial score (nSPS) is 11.3. The highest BCUT2D eigenvalue weighted by molar-refractivity contribution is 9.10. The summed E-state index contributed by atoms with van der Waals surface area (Å²) in [6, 6.07) is 12.8. The molecule has 0 amide bonds. The first kappa shape index (κ1) is 17.2. The fraction of sp³-hybridized carbons (Fsp3) is 0.0526. The Bertz CT molecular complexity index is 965. The van der Waals surface area contributed by atoms with Gasteiger partial charge in [-0.15, -0.1) is 0 Å². The number of aryl methyl sites for hydroxylation is 1. The average molecular weight is 421 g/mol. The Balaban J connectivity index is 1.95. The maximum atomic E-state index is 12.2. The number of allylic oxidation sites excluding steroid dienone is 1. The number of carbonyl (C=O) groups excluding carboxylic acids is 1. The van der Waals surface area contributed by atoms with Crippen molar-refractivity contribution in [3.05, 3.63) is 79.9 Å². The van der Waals surface area contributed by atoms with E-state index in [-0.39, 0.29) is 5.78 Å². The molecule has 0 fully saturated rings. The van der Waals surface area contributed by atoms with Gasteiger partial charge in [-0.1, -0.05) is 45.2 Å². The molecule has 120 valence electrons. The summed E-state index contributed by atoms with van der Waals surface area (Å²) in [5.41, 5.74) is 2.96. The Hall–Kier alpha value is -1.68. The molecule has 0 aliphatic carbocycles. The Kier molecular flexibility index (Phi) is 5.04. The Morgan fingerprint density at radius 3 is 2.54 bits per heavy atom. The molecule has 0 unspecified atom stereocenters. The molecular formula is C19H12BrCl2NO. The molecular weight excluding hydrogens is 409 g/mol. The van der Waals surface area contributed by atoms with E-state index < -0.39 is 0 Å². The topological polar surface area (TPSA) is 30.0 Å². The number of nitrogens with zero attached hydrogens (tertiary/aromatic N) is 1. The van der Waals surface area contributed by atoms with Crippen molar-refractivity contribution in [1.29, 1.82) is 0 Å². The van der Waals surface area contributed by atoms with Gasteiger partial charge < -0.3 is 0 Å². The summed E-state index contributed by atoms with van der Waals surface area (Å²) >= 11 is 15.7. The zero-order valence-electron chi connectivity index (χ0n) is 12.7. The number of fused-ring (bicyclic) bond motifs is 1. The van der Waals surface area contributed by atoms with E-state index in [1.165, 1.54) is 6.08 Å². The monoisotopic (exact) mass is 419 g/mol. The van der Waals surface area contributed by atoms with Crippen LogP contribution in [-0.2, 0) is 0 Å². The Morgan fingerprint density at radius 1 is 1.12 bits per heavy atom. The molecule has 0 aliphatic rings. The van der Waals surface area contributed by atoms with Gasteiger partial charge in [0.1, 0.15) is 5.15 Å². The number of rotatable bonds is 3. The Morgan fingerprint density at radius 2 is 1.83 bits per heavy atom. The summed E-state index contributed by atoms with van der Waals surface area (Å²) in [6.07, 6.45) is 3.18. The van der Waals surface area contributed by atoms with Crippen molar-refractivity contribution in [2.45, 2.75) is 6.92 Å². The minimum Gasteiger partial charge on any atom is -0.289 e. The molecule has 1 heterocycles. The summed E-state index contributed by atoms with van der Waals surface area (Å²) in [6.45, 7) is 1.90. The van der Waals surface area contributed by atoms with Gasteiger partial charge in [-0.2, -0.15) is 0 Å². The predicted molar refractivity (Wildman–Crippen MR) is 104 cm³/mol. The molecule has 3 rings (SSSR count). The number of hydrogen-bond acceptors (Lipinski definition) is 2. The molecule has 24 heavy (non-hydrogen) atoms. The van der Waals surface area contributed by atoms with E-state index in [9.17, 15) is 4.79 Å². The molecule has 2 nitrogen and oxygen atoms in total. The van der Waals surface area contributed by atoms with E-state index in [1.807, 2.05) is 37.3 Å². The predicted octanol–water partition coefficient (Wildman–Crippen LogP) is 6.51. The number of ketones is 1. The van der Waals surface area contributed by atoms with E-state index in [4.69, 9.17) is 23.2 Å². The minimum atomic E-state index is -0.0917. The van der Waals surface area contributed by atoms with Gasteiger partial charge in [0, 0.05) is 26.0 Å². The molecule has 1 aromatic heterocycles. The van der Waals surface area contributed by atoms with Gasteiger partial charge in [-0.3, -0.25) is 4.79 Å². The van der Waals surface area contributed by atoms with Crippen molar-refractivity contribution < 1.29 is 4.79 Å². The first-order valence-electron chi connectivity index (χ1n) is 7.19. The molecule has 0 saturated heterocycles. The van der Waals surface area contributed by atoms with Crippen LogP contribution in [0.15, 0.2) is 53.0 Å². The Labute approximate surface area is 158 Å². The number of aromatic nitrogens is 1. The number of benzene rings is 2. The fourth-order valence-electron chi connectivity index (χ4n) is 2.34. The lowest BCUT2D eigenvalue weighted by molar-refractivity contribution is 0.104. The minimum absolute atomic E-state index is 0.0917. The molecule has 0 spiro atoms. The summed E-state index contributed by atoms with van der Waals surface area (Å²) in [4.78, 5) is 16.6. The van der Waals surface area contributed by atoms with E-state index in [0.29, 0.717) is 21.3 Å². The molecule has 3 aromatic rings. The zero-order chi connectivity index (χ0) is 17.3. The third kappa shape index (κ3) is 3.54. The second-order valence-electron chi connectivity index (χ2n) is 5.32. The zero-order valence-corrected chi connectivity index (χ0v) is 15.8. The van der Waals surface area contributed by atoms with Crippen LogP contribution in [-0.4, -0.2) is 10.8 Å². The van der Waals surface area contributed by atoms with Crippen molar-refractivity contribution in [1.82, 2.24) is 4.98 Å². The molecule has 0 N–H and O–H groups in total. The third-order valence-electron chi connectivity index (χ3n) is 3.70. The van der Waals surface area contributed by atoms with E-state index in [1.54, 1.807) is 18.2 Å². The number of hydrogen-bond donors (Lipinski definition) is 0. The standard InChI is InChI=1S/C19H12BrCl2NO/c1-11-16(21)8-4-13-10-14(19(22)23-18(11)13)5-9-17(24)12-2-6-15(20)7-3-12/h2-10H,1H3/b9-5+. The molecule has 0 aliphatic heterocycles. The second-order valence-corrected chi connectivity index (χ2v) is 7.00. The van der Waals surface area contributed by atoms with Crippen LogP contribution < -0.4 is 0 Å². The average Bonchev–Trinajstić information content (AvgIpc) is 2.57. The second kappa shape index (κ2) is 7.06. The van der Waals surface area contributed by atoms with Crippen molar-refractivity contribution in [2.24, 2.45) is 0 Å². The molecule has 0 radical (unpaired) electrons. The van der Waals surface area contributed by atoms with Gasteiger partial charge in [0.15, 0.2) is 5.78 Å². The van der Waals surface area contributed by atoms with Crippen LogP contribution in [0.4, 0.5) is 0 Å². The molecule has 0 saturated carbocycles. The van der Waals surface area contributed by atoms with Crippen molar-refractivity contribution in [3.8, 4) is 0 Å². The van der Waals surface area contributed by atoms with Gasteiger partial charge in [-0.05, 0) is 61.0 Å². The van der Waals surface area contributed by atoms with Gasteiger partial charge in [0.2, 0.25) is 0 Å². The van der Waals surface area contributed by atoms with Crippen LogP contribution in [0, 0.1) is 6.92 Å². The first-order valence-corrected chi connectivity index (χ1v) is 8.74. The van der Waals surface area contributed by atoms with Crippen LogP contribution in [0.2, 0.25) is 10.2 Å². The lowest BCUT2D eigenvalue weighted by Crippen LogP contribution is -1.94. The highest BCUT2D eigenvalue weighted by Crippen LogP contribution is 2.28. The van der Waals surface area contributed by atoms with E-state index in [2.05, 4.69) is 20.9 Å². The highest BCUT2D eigenvalue weighted by atomic mass is 79.9. The summed E-state index contributed by atoms with van der Waals surface area (Å²) in [5, 5.41) is 1.92. The number of pyridine rings is 1. The fourth-order valence-corrected chi connectivity index (χ4v) is 2.96. The van der Waals surface area contributed by atoms with Crippen molar-refractivity contribution >= 4 is 61.9 Å². The van der Waals surface area contributed by atoms with Gasteiger partial charge in [0.05, 0.1) is 5.52 Å². The van der Waals surface area contributed by atoms with Crippen LogP contribution in [0.3, 0.4) is 0 Å². The van der Waals surface area contributed by atoms with Crippen molar-refractivity contribution in [2.75, 3.05) is 0 Å². The lowest BCUT2D eigenvalue weighted by Gasteiger charge is -2.06. The quantitative estimate of drug-likeness (QED) is 0.274. The maximum Gasteiger partial charge on any atom is 0.185 e. The summed E-state index contributed by atoms with van der Waals surface area (Å²) in [7, 11) is 0. The van der Waals surface area contributed by atoms with E-state index in [0.717, 1.165) is 20.9 Å². The molecule has 5 heteroatoms. The van der Waals surface area contributed by atoms with Gasteiger partial charge >= 0.3 is 0 Å². The highest BCUT2D eigenvalue weighted by Gasteiger charge is 2.08. The number of halogens is 3. The molecule has 0 atom stereocenters. The van der Waals surface area contributed by atoms with Crippen LogP contribution >= 0.6 is 39.1 Å². The first-order chi connectivity index (χ1) is 11.5. The van der Waals surface area contributed by atoms with Crippen LogP contribution in [0.5, 0.6) is 0 Å². The molecule has 2 aromatic carbocycles. The summed E-state index contributed by atoms with van der Waals surface area (Å²) < 4.78 is 0.929. The van der Waals surface area contributed by atoms with Crippen LogP contribution in [0.1, 0.15) is 21.5 Å². The maximum absolute atomic E-state index is 12.2. The van der Waals surface area contributed by atoms with Gasteiger partial charge in [-0.25, -0.2) is 4.98 Å². The van der Waals surface area contributed by atoms with E-state index >= 15 is 0 Å².